The Morgan fingerprint density at radius 3 is 2.94 bits per heavy atom. The van der Waals surface area contributed by atoms with Gasteiger partial charge in [-0.1, -0.05) is 26.3 Å². The SMILES string of the molecule is Cc1ncccc1C1CCCCN1CC(C)C. The fourth-order valence-corrected chi connectivity index (χ4v) is 2.88. The van der Waals surface area contributed by atoms with Gasteiger partial charge in [0.1, 0.15) is 0 Å². The van der Waals surface area contributed by atoms with E-state index in [4.69, 9.17) is 0 Å². The molecule has 1 aromatic rings. The molecule has 94 valence electrons. The monoisotopic (exact) mass is 232 g/mol. The molecule has 0 aliphatic carbocycles. The van der Waals surface area contributed by atoms with Gasteiger partial charge in [-0.15, -0.1) is 0 Å². The Morgan fingerprint density at radius 1 is 1.41 bits per heavy atom. The smallest absolute Gasteiger partial charge is 0.0420 e. The largest absolute Gasteiger partial charge is 0.296 e. The maximum Gasteiger partial charge on any atom is 0.0420 e. The zero-order valence-electron chi connectivity index (χ0n) is 11.3. The van der Waals surface area contributed by atoms with Crippen LogP contribution in [0, 0.1) is 12.8 Å². The predicted octanol–water partition coefficient (Wildman–Crippen LogP) is 3.57. The third-order valence-electron chi connectivity index (χ3n) is 3.62. The summed E-state index contributed by atoms with van der Waals surface area (Å²) < 4.78 is 0. The van der Waals surface area contributed by atoms with Crippen molar-refractivity contribution in [3.05, 3.63) is 29.6 Å². The molecule has 0 amide bonds. The summed E-state index contributed by atoms with van der Waals surface area (Å²) in [5.74, 6) is 0.743. The molecule has 1 unspecified atom stereocenters. The minimum absolute atomic E-state index is 0.597. The van der Waals surface area contributed by atoms with Crippen LogP contribution in [0.5, 0.6) is 0 Å². The molecule has 1 aliphatic rings. The molecular formula is C15H24N2. The van der Waals surface area contributed by atoms with Gasteiger partial charge in [-0.05, 0) is 43.9 Å². The topological polar surface area (TPSA) is 16.1 Å². The Kier molecular flexibility index (Phi) is 4.16. The Morgan fingerprint density at radius 2 is 2.24 bits per heavy atom. The zero-order chi connectivity index (χ0) is 12.3. The van der Waals surface area contributed by atoms with Crippen molar-refractivity contribution < 1.29 is 0 Å². The average Bonchev–Trinajstić information content (AvgIpc) is 2.30. The molecule has 2 heteroatoms. The Bertz CT molecular complexity index is 360. The van der Waals surface area contributed by atoms with Crippen molar-refractivity contribution in [1.29, 1.82) is 0 Å². The van der Waals surface area contributed by atoms with Crippen molar-refractivity contribution in [1.82, 2.24) is 9.88 Å². The van der Waals surface area contributed by atoms with E-state index in [-0.39, 0.29) is 0 Å². The normalized spacial score (nSPS) is 22.0. The van der Waals surface area contributed by atoms with Crippen LogP contribution in [-0.4, -0.2) is 23.0 Å². The number of likely N-dealkylation sites (tertiary alicyclic amines) is 1. The Labute approximate surface area is 105 Å². The van der Waals surface area contributed by atoms with Gasteiger partial charge in [0, 0.05) is 24.5 Å². The maximum atomic E-state index is 4.44. The quantitative estimate of drug-likeness (QED) is 0.792. The van der Waals surface area contributed by atoms with Gasteiger partial charge in [-0.25, -0.2) is 0 Å². The number of piperidine rings is 1. The van der Waals surface area contributed by atoms with E-state index in [0.29, 0.717) is 6.04 Å². The summed E-state index contributed by atoms with van der Waals surface area (Å²) in [7, 11) is 0. The molecule has 0 N–H and O–H groups in total. The van der Waals surface area contributed by atoms with Crippen LogP contribution in [0.4, 0.5) is 0 Å². The van der Waals surface area contributed by atoms with Crippen LogP contribution in [0.25, 0.3) is 0 Å². The molecule has 1 aromatic heterocycles. The lowest BCUT2D eigenvalue weighted by Crippen LogP contribution is -2.36. The van der Waals surface area contributed by atoms with Crippen LogP contribution >= 0.6 is 0 Å². The number of hydrogen-bond donors (Lipinski definition) is 0. The molecule has 0 bridgehead atoms. The molecule has 1 atom stereocenters. The fourth-order valence-electron chi connectivity index (χ4n) is 2.88. The summed E-state index contributed by atoms with van der Waals surface area (Å²) in [4.78, 5) is 7.09. The summed E-state index contributed by atoms with van der Waals surface area (Å²) >= 11 is 0. The highest BCUT2D eigenvalue weighted by atomic mass is 15.2. The molecule has 1 fully saturated rings. The molecule has 0 saturated carbocycles. The van der Waals surface area contributed by atoms with Crippen molar-refractivity contribution in [2.45, 2.75) is 46.1 Å². The predicted molar refractivity (Wildman–Crippen MR) is 72.0 cm³/mol. The Hall–Kier alpha value is -0.890. The van der Waals surface area contributed by atoms with Gasteiger partial charge in [-0.2, -0.15) is 0 Å². The highest BCUT2D eigenvalue weighted by molar-refractivity contribution is 5.23. The number of rotatable bonds is 3. The summed E-state index contributed by atoms with van der Waals surface area (Å²) in [5, 5.41) is 0. The minimum Gasteiger partial charge on any atom is -0.296 e. The second-order valence-electron chi connectivity index (χ2n) is 5.58. The first kappa shape index (κ1) is 12.6. The van der Waals surface area contributed by atoms with Gasteiger partial charge < -0.3 is 0 Å². The third-order valence-corrected chi connectivity index (χ3v) is 3.62. The first-order valence-corrected chi connectivity index (χ1v) is 6.84. The molecule has 2 heterocycles. The van der Waals surface area contributed by atoms with E-state index in [1.165, 1.54) is 43.6 Å². The summed E-state index contributed by atoms with van der Waals surface area (Å²) in [6.07, 6.45) is 5.89. The van der Waals surface area contributed by atoms with Crippen LogP contribution in [0.15, 0.2) is 18.3 Å². The van der Waals surface area contributed by atoms with Gasteiger partial charge in [-0.3, -0.25) is 9.88 Å². The van der Waals surface area contributed by atoms with Gasteiger partial charge in [0.15, 0.2) is 0 Å². The molecule has 1 saturated heterocycles. The molecule has 0 spiro atoms. The van der Waals surface area contributed by atoms with Crippen molar-refractivity contribution in [2.75, 3.05) is 13.1 Å². The molecule has 2 nitrogen and oxygen atoms in total. The number of hydrogen-bond acceptors (Lipinski definition) is 2. The van der Waals surface area contributed by atoms with E-state index < -0.39 is 0 Å². The van der Waals surface area contributed by atoms with E-state index in [1.807, 2.05) is 6.20 Å². The van der Waals surface area contributed by atoms with E-state index in [0.717, 1.165) is 5.92 Å². The van der Waals surface area contributed by atoms with Crippen molar-refractivity contribution >= 4 is 0 Å². The van der Waals surface area contributed by atoms with E-state index >= 15 is 0 Å². The minimum atomic E-state index is 0.597. The number of aryl methyl sites for hydroxylation is 1. The lowest BCUT2D eigenvalue weighted by atomic mass is 9.93. The number of nitrogens with zero attached hydrogens (tertiary/aromatic N) is 2. The summed E-state index contributed by atoms with van der Waals surface area (Å²) in [6, 6.07) is 4.93. The van der Waals surface area contributed by atoms with Crippen LogP contribution in [0.3, 0.4) is 0 Å². The highest BCUT2D eigenvalue weighted by Gasteiger charge is 2.25. The summed E-state index contributed by atoms with van der Waals surface area (Å²) in [5.41, 5.74) is 2.64. The lowest BCUT2D eigenvalue weighted by Gasteiger charge is -2.37. The first-order chi connectivity index (χ1) is 8.18. The average molecular weight is 232 g/mol. The zero-order valence-corrected chi connectivity index (χ0v) is 11.3. The third kappa shape index (κ3) is 3.06. The van der Waals surface area contributed by atoms with Gasteiger partial charge >= 0.3 is 0 Å². The van der Waals surface area contributed by atoms with Gasteiger partial charge in [0.25, 0.3) is 0 Å². The fraction of sp³-hybridized carbons (Fsp3) is 0.667. The van der Waals surface area contributed by atoms with Crippen molar-refractivity contribution in [3.63, 3.8) is 0 Å². The van der Waals surface area contributed by atoms with E-state index in [2.05, 4.69) is 42.8 Å². The van der Waals surface area contributed by atoms with E-state index in [1.54, 1.807) is 0 Å². The lowest BCUT2D eigenvalue weighted by molar-refractivity contribution is 0.131. The van der Waals surface area contributed by atoms with Crippen LogP contribution in [0.1, 0.15) is 50.4 Å². The van der Waals surface area contributed by atoms with Crippen molar-refractivity contribution in [3.8, 4) is 0 Å². The van der Waals surface area contributed by atoms with Crippen LogP contribution < -0.4 is 0 Å². The molecule has 1 aliphatic heterocycles. The highest BCUT2D eigenvalue weighted by Crippen LogP contribution is 2.32. The Balaban J connectivity index is 2.19. The first-order valence-electron chi connectivity index (χ1n) is 6.84. The second kappa shape index (κ2) is 5.63. The molecule has 0 radical (unpaired) electrons. The molecule has 2 rings (SSSR count). The van der Waals surface area contributed by atoms with Crippen LogP contribution in [0.2, 0.25) is 0 Å². The van der Waals surface area contributed by atoms with E-state index in [9.17, 15) is 0 Å². The van der Waals surface area contributed by atoms with Gasteiger partial charge in [0.2, 0.25) is 0 Å². The second-order valence-corrected chi connectivity index (χ2v) is 5.58. The number of pyridine rings is 1. The standard InChI is InChI=1S/C15H24N2/c1-12(2)11-17-10-5-4-8-15(17)14-7-6-9-16-13(14)3/h6-7,9,12,15H,4-5,8,10-11H2,1-3H3. The van der Waals surface area contributed by atoms with Gasteiger partial charge in [0.05, 0.1) is 0 Å². The molecule has 0 aromatic carbocycles. The molecule has 17 heavy (non-hydrogen) atoms. The van der Waals surface area contributed by atoms with Crippen LogP contribution in [-0.2, 0) is 0 Å². The summed E-state index contributed by atoms with van der Waals surface area (Å²) in [6.45, 7) is 9.21. The van der Waals surface area contributed by atoms with Crippen molar-refractivity contribution in [2.24, 2.45) is 5.92 Å². The molecular weight excluding hydrogens is 208 g/mol. The maximum absolute atomic E-state index is 4.44. The number of aromatic nitrogens is 1.